The average Bonchev–Trinajstić information content (AvgIpc) is 2.87. The Morgan fingerprint density at radius 2 is 2.00 bits per heavy atom. The highest BCUT2D eigenvalue weighted by atomic mass is 79.9. The first-order valence-electron chi connectivity index (χ1n) is 5.05. The Hall–Kier alpha value is -0.0100. The smallest absolute Gasteiger partial charge is 0.0406 e. The summed E-state index contributed by atoms with van der Waals surface area (Å²) in [5, 5.41) is 0.819. The molecule has 0 N–H and O–H groups in total. The monoisotopic (exact) mass is 272 g/mol. The Bertz CT molecular complexity index is 307. The summed E-state index contributed by atoms with van der Waals surface area (Å²) in [6, 6.07) is 8.16. The van der Waals surface area contributed by atoms with Gasteiger partial charge in [-0.2, -0.15) is 0 Å². The molecule has 0 spiro atoms. The standard InChI is InChI=1S/C12H14BrCl/c1-8-6-11(8)12(13)7-9-2-4-10(14)5-3-9/h2-5,8,11-12H,6-7H2,1H3. The summed E-state index contributed by atoms with van der Waals surface area (Å²) in [6.07, 6.45) is 2.50. The van der Waals surface area contributed by atoms with Crippen LogP contribution in [0.1, 0.15) is 18.9 Å². The van der Waals surface area contributed by atoms with Crippen molar-refractivity contribution in [1.29, 1.82) is 0 Å². The minimum atomic E-state index is 0.638. The Balaban J connectivity index is 1.93. The summed E-state index contributed by atoms with van der Waals surface area (Å²) in [7, 11) is 0. The maximum Gasteiger partial charge on any atom is 0.0406 e. The molecule has 0 heterocycles. The van der Waals surface area contributed by atoms with Crippen molar-refractivity contribution >= 4 is 27.5 Å². The lowest BCUT2D eigenvalue weighted by molar-refractivity contribution is 0.701. The minimum Gasteiger partial charge on any atom is -0.0884 e. The van der Waals surface area contributed by atoms with Gasteiger partial charge in [-0.15, -0.1) is 0 Å². The quantitative estimate of drug-likeness (QED) is 0.720. The van der Waals surface area contributed by atoms with E-state index in [4.69, 9.17) is 11.6 Å². The van der Waals surface area contributed by atoms with Crippen LogP contribution in [0.15, 0.2) is 24.3 Å². The number of rotatable bonds is 3. The number of benzene rings is 1. The molecule has 0 amide bonds. The fraction of sp³-hybridized carbons (Fsp3) is 0.500. The first kappa shape index (κ1) is 10.5. The van der Waals surface area contributed by atoms with E-state index in [1.165, 1.54) is 12.0 Å². The van der Waals surface area contributed by atoms with Crippen LogP contribution in [0.4, 0.5) is 0 Å². The maximum atomic E-state index is 5.83. The third kappa shape index (κ3) is 2.52. The van der Waals surface area contributed by atoms with Crippen molar-refractivity contribution < 1.29 is 0 Å². The third-order valence-electron chi connectivity index (χ3n) is 2.98. The zero-order chi connectivity index (χ0) is 10.1. The second kappa shape index (κ2) is 4.24. The maximum absolute atomic E-state index is 5.83. The molecule has 76 valence electrons. The van der Waals surface area contributed by atoms with Crippen LogP contribution in [0.25, 0.3) is 0 Å². The van der Waals surface area contributed by atoms with E-state index in [0.29, 0.717) is 4.83 Å². The van der Waals surface area contributed by atoms with Crippen molar-refractivity contribution in [3.63, 3.8) is 0 Å². The van der Waals surface area contributed by atoms with E-state index < -0.39 is 0 Å². The highest BCUT2D eigenvalue weighted by Crippen LogP contribution is 2.44. The molecule has 0 saturated heterocycles. The molecule has 0 nitrogen and oxygen atoms in total. The topological polar surface area (TPSA) is 0 Å². The van der Waals surface area contributed by atoms with Crippen LogP contribution < -0.4 is 0 Å². The van der Waals surface area contributed by atoms with Gasteiger partial charge in [-0.25, -0.2) is 0 Å². The van der Waals surface area contributed by atoms with E-state index in [1.807, 2.05) is 12.1 Å². The summed E-state index contributed by atoms with van der Waals surface area (Å²) in [5.41, 5.74) is 1.37. The largest absolute Gasteiger partial charge is 0.0884 e. The molecule has 3 unspecified atom stereocenters. The van der Waals surface area contributed by atoms with Gasteiger partial charge < -0.3 is 0 Å². The van der Waals surface area contributed by atoms with Crippen molar-refractivity contribution in [3.8, 4) is 0 Å². The normalized spacial score (nSPS) is 27.4. The van der Waals surface area contributed by atoms with E-state index in [-0.39, 0.29) is 0 Å². The average molecular weight is 274 g/mol. The molecule has 1 aromatic rings. The number of hydrogen-bond donors (Lipinski definition) is 0. The molecule has 2 heteroatoms. The van der Waals surface area contributed by atoms with Gasteiger partial charge in [0.1, 0.15) is 0 Å². The fourth-order valence-corrected chi connectivity index (χ4v) is 3.09. The molecular weight excluding hydrogens is 259 g/mol. The second-order valence-corrected chi connectivity index (χ2v) is 5.84. The highest BCUT2D eigenvalue weighted by molar-refractivity contribution is 9.09. The van der Waals surface area contributed by atoms with Crippen LogP contribution >= 0.6 is 27.5 Å². The van der Waals surface area contributed by atoms with Gasteiger partial charge in [0.2, 0.25) is 0 Å². The van der Waals surface area contributed by atoms with Gasteiger partial charge in [-0.3, -0.25) is 0 Å². The lowest BCUT2D eigenvalue weighted by Gasteiger charge is -2.08. The molecule has 1 saturated carbocycles. The Kier molecular flexibility index (Phi) is 3.18. The van der Waals surface area contributed by atoms with Crippen LogP contribution in [0.2, 0.25) is 5.02 Å². The van der Waals surface area contributed by atoms with E-state index in [9.17, 15) is 0 Å². The lowest BCUT2D eigenvalue weighted by Crippen LogP contribution is -2.06. The van der Waals surface area contributed by atoms with Gasteiger partial charge >= 0.3 is 0 Å². The summed E-state index contributed by atoms with van der Waals surface area (Å²) in [5.74, 6) is 1.79. The summed E-state index contributed by atoms with van der Waals surface area (Å²) >= 11 is 9.60. The van der Waals surface area contributed by atoms with Crippen molar-refractivity contribution in [3.05, 3.63) is 34.9 Å². The van der Waals surface area contributed by atoms with E-state index >= 15 is 0 Å². The Morgan fingerprint density at radius 1 is 1.43 bits per heavy atom. The first-order valence-corrected chi connectivity index (χ1v) is 6.34. The predicted octanol–water partition coefficient (Wildman–Crippen LogP) is 4.30. The molecule has 0 bridgehead atoms. The van der Waals surface area contributed by atoms with E-state index in [2.05, 4.69) is 35.0 Å². The Labute approximate surface area is 98.8 Å². The third-order valence-corrected chi connectivity index (χ3v) is 4.24. The molecule has 1 aromatic carbocycles. The first-order chi connectivity index (χ1) is 6.66. The molecule has 1 aliphatic carbocycles. The molecule has 1 aliphatic rings. The molecule has 3 atom stereocenters. The minimum absolute atomic E-state index is 0.638. The number of halogens is 2. The summed E-state index contributed by atoms with van der Waals surface area (Å²) in [6.45, 7) is 2.32. The van der Waals surface area contributed by atoms with Crippen molar-refractivity contribution in [2.45, 2.75) is 24.6 Å². The van der Waals surface area contributed by atoms with Crippen LogP contribution in [-0.4, -0.2) is 4.83 Å². The van der Waals surface area contributed by atoms with Crippen LogP contribution in [0, 0.1) is 11.8 Å². The lowest BCUT2D eigenvalue weighted by atomic mass is 10.1. The van der Waals surface area contributed by atoms with Crippen molar-refractivity contribution in [2.75, 3.05) is 0 Å². The van der Waals surface area contributed by atoms with Gasteiger partial charge in [0.15, 0.2) is 0 Å². The highest BCUT2D eigenvalue weighted by Gasteiger charge is 2.37. The molecule has 14 heavy (non-hydrogen) atoms. The molecule has 1 fully saturated rings. The molecule has 2 rings (SSSR count). The summed E-state index contributed by atoms with van der Waals surface area (Å²) < 4.78 is 0. The molecule has 0 aliphatic heterocycles. The number of alkyl halides is 1. The van der Waals surface area contributed by atoms with Crippen molar-refractivity contribution in [2.24, 2.45) is 11.8 Å². The van der Waals surface area contributed by atoms with Gasteiger partial charge in [0, 0.05) is 9.85 Å². The van der Waals surface area contributed by atoms with Gasteiger partial charge in [-0.05, 0) is 42.4 Å². The zero-order valence-electron chi connectivity index (χ0n) is 8.21. The number of hydrogen-bond acceptors (Lipinski definition) is 0. The van der Waals surface area contributed by atoms with Crippen molar-refractivity contribution in [1.82, 2.24) is 0 Å². The SMILES string of the molecule is CC1CC1C(Br)Cc1ccc(Cl)cc1. The van der Waals surface area contributed by atoms with Gasteiger partial charge in [0.25, 0.3) is 0 Å². The molecule has 0 aromatic heterocycles. The summed E-state index contributed by atoms with van der Waals surface area (Å²) in [4.78, 5) is 0.638. The van der Waals surface area contributed by atoms with Gasteiger partial charge in [0.05, 0.1) is 0 Å². The van der Waals surface area contributed by atoms with Gasteiger partial charge in [-0.1, -0.05) is 46.6 Å². The van der Waals surface area contributed by atoms with Crippen LogP contribution in [0.5, 0.6) is 0 Å². The Morgan fingerprint density at radius 3 is 2.50 bits per heavy atom. The fourth-order valence-electron chi connectivity index (χ4n) is 1.85. The molecule has 0 radical (unpaired) electrons. The predicted molar refractivity (Wildman–Crippen MR) is 65.1 cm³/mol. The van der Waals surface area contributed by atoms with Crippen LogP contribution in [0.3, 0.4) is 0 Å². The van der Waals surface area contributed by atoms with E-state index in [1.54, 1.807) is 0 Å². The van der Waals surface area contributed by atoms with Crippen LogP contribution in [-0.2, 0) is 6.42 Å². The zero-order valence-corrected chi connectivity index (χ0v) is 10.6. The van der Waals surface area contributed by atoms with E-state index in [0.717, 1.165) is 23.3 Å². The second-order valence-electron chi connectivity index (χ2n) is 4.22. The molecular formula is C12H14BrCl.